The molecule has 2 aliphatic heterocycles. The fourth-order valence-electron chi connectivity index (χ4n) is 3.41. The molecular formula is C15H19Cl2N3O. The molecule has 2 unspecified atom stereocenters. The maximum atomic E-state index is 12.7. The maximum Gasteiger partial charge on any atom is 0.254 e. The Hall–Kier alpha value is -0.970. The zero-order valence-corrected chi connectivity index (χ0v) is 13.5. The van der Waals surface area contributed by atoms with Crippen LogP contribution in [0.3, 0.4) is 0 Å². The van der Waals surface area contributed by atoms with Gasteiger partial charge in [0.25, 0.3) is 5.91 Å². The van der Waals surface area contributed by atoms with Crippen LogP contribution in [0.15, 0.2) is 12.1 Å². The van der Waals surface area contributed by atoms with Crippen LogP contribution in [0.1, 0.15) is 29.6 Å². The lowest BCUT2D eigenvalue weighted by Gasteiger charge is -2.26. The first-order valence-electron chi connectivity index (χ1n) is 7.23. The van der Waals surface area contributed by atoms with Crippen LogP contribution in [0.4, 0.5) is 5.69 Å². The average molecular weight is 328 g/mol. The van der Waals surface area contributed by atoms with Gasteiger partial charge in [0, 0.05) is 30.7 Å². The molecule has 2 atom stereocenters. The van der Waals surface area contributed by atoms with E-state index in [4.69, 9.17) is 28.9 Å². The number of likely N-dealkylation sites (tertiary alicyclic amines) is 1. The molecule has 2 aliphatic rings. The third kappa shape index (κ3) is 2.72. The minimum atomic E-state index is -0.0128. The largest absolute Gasteiger partial charge is 0.397 e. The maximum absolute atomic E-state index is 12.7. The highest BCUT2D eigenvalue weighted by atomic mass is 35.5. The number of anilines is 1. The van der Waals surface area contributed by atoms with Gasteiger partial charge in [0.1, 0.15) is 0 Å². The van der Waals surface area contributed by atoms with E-state index in [1.807, 2.05) is 4.90 Å². The molecule has 2 heterocycles. The monoisotopic (exact) mass is 327 g/mol. The molecule has 2 fully saturated rings. The predicted octanol–water partition coefficient (Wildman–Crippen LogP) is 2.88. The summed E-state index contributed by atoms with van der Waals surface area (Å²) in [6, 6.07) is 4.28. The summed E-state index contributed by atoms with van der Waals surface area (Å²) in [6.07, 6.45) is 3.42. The second kappa shape index (κ2) is 5.67. The van der Waals surface area contributed by atoms with Gasteiger partial charge in [-0.05, 0) is 38.4 Å². The Morgan fingerprint density at radius 3 is 2.67 bits per heavy atom. The molecule has 0 spiro atoms. The normalized spacial score (nSPS) is 26.0. The topological polar surface area (TPSA) is 49.6 Å². The smallest absolute Gasteiger partial charge is 0.254 e. The van der Waals surface area contributed by atoms with Gasteiger partial charge in [-0.3, -0.25) is 9.69 Å². The second-order valence-corrected chi connectivity index (χ2v) is 6.74. The molecule has 1 aromatic rings. The standard InChI is InChI=1S/C15H19Cl2N3O/c1-19-10-2-3-11(19)8-20(5-4-10)15(21)9-6-12(16)14(17)13(18)7-9/h6-7,10-11H,2-5,8,18H2,1H3. The van der Waals surface area contributed by atoms with Crippen molar-refractivity contribution in [2.24, 2.45) is 0 Å². The van der Waals surface area contributed by atoms with Gasteiger partial charge in [-0.2, -0.15) is 0 Å². The molecule has 0 saturated carbocycles. The zero-order valence-electron chi connectivity index (χ0n) is 12.0. The van der Waals surface area contributed by atoms with Crippen molar-refractivity contribution in [2.75, 3.05) is 25.9 Å². The van der Waals surface area contributed by atoms with Crippen LogP contribution in [-0.2, 0) is 0 Å². The Kier molecular flexibility index (Phi) is 4.04. The van der Waals surface area contributed by atoms with Gasteiger partial charge in [-0.25, -0.2) is 0 Å². The fraction of sp³-hybridized carbons (Fsp3) is 0.533. The fourth-order valence-corrected chi connectivity index (χ4v) is 3.75. The number of nitrogens with two attached hydrogens (primary N) is 1. The molecule has 2 bridgehead atoms. The number of hydrogen-bond donors (Lipinski definition) is 1. The Labute approximate surface area is 134 Å². The van der Waals surface area contributed by atoms with Crippen LogP contribution in [0.2, 0.25) is 10.0 Å². The van der Waals surface area contributed by atoms with Crippen LogP contribution in [-0.4, -0.2) is 47.9 Å². The third-order valence-electron chi connectivity index (χ3n) is 4.74. The number of fused-ring (bicyclic) bond motifs is 2. The first-order valence-corrected chi connectivity index (χ1v) is 7.98. The van der Waals surface area contributed by atoms with Crippen molar-refractivity contribution in [3.63, 3.8) is 0 Å². The highest BCUT2D eigenvalue weighted by Gasteiger charge is 2.36. The lowest BCUT2D eigenvalue weighted by molar-refractivity contribution is 0.0740. The van der Waals surface area contributed by atoms with Gasteiger partial charge in [-0.15, -0.1) is 0 Å². The molecule has 2 N–H and O–H groups in total. The van der Waals surface area contributed by atoms with Gasteiger partial charge < -0.3 is 10.6 Å². The van der Waals surface area contributed by atoms with E-state index in [2.05, 4.69) is 11.9 Å². The van der Waals surface area contributed by atoms with E-state index in [1.54, 1.807) is 12.1 Å². The first kappa shape index (κ1) is 14.9. The zero-order chi connectivity index (χ0) is 15.1. The molecule has 114 valence electrons. The molecule has 1 aromatic carbocycles. The number of nitrogen functional groups attached to an aromatic ring is 1. The summed E-state index contributed by atoms with van der Waals surface area (Å²) in [4.78, 5) is 17.0. The molecule has 0 aromatic heterocycles. The summed E-state index contributed by atoms with van der Waals surface area (Å²) < 4.78 is 0. The first-order chi connectivity index (χ1) is 9.97. The average Bonchev–Trinajstić information content (AvgIpc) is 2.68. The van der Waals surface area contributed by atoms with E-state index < -0.39 is 0 Å². The van der Waals surface area contributed by atoms with Crippen molar-refractivity contribution in [3.05, 3.63) is 27.7 Å². The number of nitrogens with zero attached hydrogens (tertiary/aromatic N) is 2. The minimum absolute atomic E-state index is 0.0128. The minimum Gasteiger partial charge on any atom is -0.397 e. The van der Waals surface area contributed by atoms with Crippen molar-refractivity contribution < 1.29 is 4.79 Å². The van der Waals surface area contributed by atoms with Crippen molar-refractivity contribution in [2.45, 2.75) is 31.3 Å². The molecule has 2 saturated heterocycles. The molecule has 0 aliphatic carbocycles. The van der Waals surface area contributed by atoms with E-state index in [1.165, 1.54) is 6.42 Å². The van der Waals surface area contributed by atoms with Crippen molar-refractivity contribution in [1.29, 1.82) is 0 Å². The highest BCUT2D eigenvalue weighted by molar-refractivity contribution is 6.43. The van der Waals surface area contributed by atoms with E-state index in [9.17, 15) is 4.79 Å². The Balaban J connectivity index is 1.82. The summed E-state index contributed by atoms with van der Waals surface area (Å²) in [5.74, 6) is -0.0128. The number of benzene rings is 1. The summed E-state index contributed by atoms with van der Waals surface area (Å²) in [7, 11) is 2.16. The van der Waals surface area contributed by atoms with E-state index in [0.717, 1.165) is 25.9 Å². The summed E-state index contributed by atoms with van der Waals surface area (Å²) >= 11 is 12.0. The van der Waals surface area contributed by atoms with Crippen LogP contribution in [0.25, 0.3) is 0 Å². The van der Waals surface area contributed by atoms with Crippen molar-refractivity contribution in [3.8, 4) is 0 Å². The third-order valence-corrected chi connectivity index (χ3v) is 5.56. The van der Waals surface area contributed by atoms with Crippen molar-refractivity contribution in [1.82, 2.24) is 9.80 Å². The lowest BCUT2D eigenvalue weighted by Crippen LogP contribution is -2.39. The predicted molar refractivity (Wildman–Crippen MR) is 86.0 cm³/mol. The number of rotatable bonds is 1. The molecule has 4 nitrogen and oxygen atoms in total. The van der Waals surface area contributed by atoms with Gasteiger partial charge in [-0.1, -0.05) is 23.2 Å². The summed E-state index contributed by atoms with van der Waals surface area (Å²) in [5, 5.41) is 0.636. The Bertz CT molecular complexity index is 555. The molecular weight excluding hydrogens is 309 g/mol. The molecule has 21 heavy (non-hydrogen) atoms. The molecule has 1 amide bonds. The van der Waals surface area contributed by atoms with Gasteiger partial charge in [0.2, 0.25) is 0 Å². The van der Waals surface area contributed by atoms with Gasteiger partial charge in [0.05, 0.1) is 15.7 Å². The SMILES string of the molecule is CN1C2CCC1CN(C(=O)c1cc(N)c(Cl)c(Cl)c1)CC2. The Morgan fingerprint density at radius 2 is 1.95 bits per heavy atom. The summed E-state index contributed by atoms with van der Waals surface area (Å²) in [6.45, 7) is 1.55. The van der Waals surface area contributed by atoms with Gasteiger partial charge in [0.15, 0.2) is 0 Å². The van der Waals surface area contributed by atoms with Gasteiger partial charge >= 0.3 is 0 Å². The lowest BCUT2D eigenvalue weighted by atomic mass is 10.1. The molecule has 0 radical (unpaired) electrons. The number of amides is 1. The number of carbonyl (C=O) groups is 1. The van der Waals surface area contributed by atoms with E-state index in [0.29, 0.717) is 33.4 Å². The van der Waals surface area contributed by atoms with Crippen LogP contribution in [0.5, 0.6) is 0 Å². The number of likely N-dealkylation sites (N-methyl/N-ethyl adjacent to an activating group) is 1. The number of carbonyl (C=O) groups excluding carboxylic acids is 1. The van der Waals surface area contributed by atoms with Crippen LogP contribution in [0, 0.1) is 0 Å². The van der Waals surface area contributed by atoms with E-state index >= 15 is 0 Å². The quantitative estimate of drug-likeness (QED) is 0.807. The van der Waals surface area contributed by atoms with Crippen LogP contribution < -0.4 is 5.73 Å². The van der Waals surface area contributed by atoms with Crippen molar-refractivity contribution >= 4 is 34.8 Å². The summed E-state index contributed by atoms with van der Waals surface area (Å²) in [5.41, 5.74) is 6.67. The molecule has 6 heteroatoms. The second-order valence-electron chi connectivity index (χ2n) is 5.95. The number of halogens is 2. The molecule has 3 rings (SSSR count). The highest BCUT2D eigenvalue weighted by Crippen LogP contribution is 2.32. The van der Waals surface area contributed by atoms with E-state index in [-0.39, 0.29) is 5.91 Å². The number of hydrogen-bond acceptors (Lipinski definition) is 3. The Morgan fingerprint density at radius 1 is 1.24 bits per heavy atom. The van der Waals surface area contributed by atoms with Crippen LogP contribution >= 0.6 is 23.2 Å².